The molecule has 0 saturated carbocycles. The standard InChI is InChI=1S/C14H21NO/c1-11(2)12-8-9-15(10-12)13-6-4-5-7-14(13)16-3/h4-7,11-12H,8-10H2,1-3H3/t12-/m0/s1. The molecule has 0 unspecified atom stereocenters. The van der Waals surface area contributed by atoms with Crippen molar-refractivity contribution >= 4 is 5.69 Å². The summed E-state index contributed by atoms with van der Waals surface area (Å²) in [5.74, 6) is 2.59. The predicted octanol–water partition coefficient (Wildman–Crippen LogP) is 3.18. The first-order valence-corrected chi connectivity index (χ1v) is 6.10. The number of nitrogens with zero attached hydrogens (tertiary/aromatic N) is 1. The number of benzene rings is 1. The number of para-hydroxylation sites is 2. The maximum Gasteiger partial charge on any atom is 0.142 e. The van der Waals surface area contributed by atoms with Gasteiger partial charge in [0.05, 0.1) is 12.8 Å². The summed E-state index contributed by atoms with van der Waals surface area (Å²) in [4.78, 5) is 2.45. The fourth-order valence-electron chi connectivity index (χ4n) is 2.44. The summed E-state index contributed by atoms with van der Waals surface area (Å²) in [7, 11) is 1.74. The van der Waals surface area contributed by atoms with Gasteiger partial charge in [0.15, 0.2) is 0 Å². The van der Waals surface area contributed by atoms with Crippen molar-refractivity contribution in [2.75, 3.05) is 25.1 Å². The van der Waals surface area contributed by atoms with Crippen LogP contribution in [0.25, 0.3) is 0 Å². The highest BCUT2D eigenvalue weighted by atomic mass is 16.5. The Balaban J connectivity index is 2.14. The molecule has 2 rings (SSSR count). The summed E-state index contributed by atoms with van der Waals surface area (Å²) >= 11 is 0. The van der Waals surface area contributed by atoms with E-state index in [1.807, 2.05) is 12.1 Å². The van der Waals surface area contributed by atoms with Crippen molar-refractivity contribution in [1.29, 1.82) is 0 Å². The van der Waals surface area contributed by atoms with Crippen LogP contribution in [0.4, 0.5) is 5.69 Å². The lowest BCUT2D eigenvalue weighted by Gasteiger charge is -2.22. The van der Waals surface area contributed by atoms with Crippen LogP contribution < -0.4 is 9.64 Å². The molecule has 88 valence electrons. The lowest BCUT2D eigenvalue weighted by Crippen LogP contribution is -2.21. The van der Waals surface area contributed by atoms with Crippen molar-refractivity contribution < 1.29 is 4.74 Å². The molecule has 0 spiro atoms. The van der Waals surface area contributed by atoms with Crippen LogP contribution in [0.3, 0.4) is 0 Å². The average molecular weight is 219 g/mol. The van der Waals surface area contributed by atoms with Crippen molar-refractivity contribution in [3.05, 3.63) is 24.3 Å². The van der Waals surface area contributed by atoms with Crippen LogP contribution in [-0.2, 0) is 0 Å². The first-order valence-electron chi connectivity index (χ1n) is 6.10. The highest BCUT2D eigenvalue weighted by molar-refractivity contribution is 5.58. The van der Waals surface area contributed by atoms with Gasteiger partial charge in [-0.15, -0.1) is 0 Å². The van der Waals surface area contributed by atoms with Crippen LogP contribution in [0.15, 0.2) is 24.3 Å². The summed E-state index contributed by atoms with van der Waals surface area (Å²) in [6.45, 7) is 6.95. The molecule has 1 aliphatic rings. The monoisotopic (exact) mass is 219 g/mol. The van der Waals surface area contributed by atoms with Crippen LogP contribution in [0.2, 0.25) is 0 Å². The van der Waals surface area contributed by atoms with Gasteiger partial charge in [0.1, 0.15) is 5.75 Å². The van der Waals surface area contributed by atoms with E-state index in [9.17, 15) is 0 Å². The average Bonchev–Trinajstić information content (AvgIpc) is 2.78. The van der Waals surface area contributed by atoms with E-state index in [1.54, 1.807) is 7.11 Å². The maximum atomic E-state index is 5.41. The van der Waals surface area contributed by atoms with E-state index in [1.165, 1.54) is 12.1 Å². The van der Waals surface area contributed by atoms with E-state index in [2.05, 4.69) is 30.9 Å². The van der Waals surface area contributed by atoms with Crippen molar-refractivity contribution in [2.24, 2.45) is 11.8 Å². The molecule has 1 atom stereocenters. The molecular weight excluding hydrogens is 198 g/mol. The second-order valence-corrected chi connectivity index (χ2v) is 4.91. The molecule has 0 bridgehead atoms. The molecule has 0 aliphatic carbocycles. The Kier molecular flexibility index (Phi) is 3.37. The summed E-state index contributed by atoms with van der Waals surface area (Å²) < 4.78 is 5.41. The highest BCUT2D eigenvalue weighted by Gasteiger charge is 2.26. The molecule has 0 N–H and O–H groups in total. The van der Waals surface area contributed by atoms with Gasteiger partial charge in [-0.1, -0.05) is 26.0 Å². The molecule has 0 radical (unpaired) electrons. The van der Waals surface area contributed by atoms with Crippen LogP contribution in [0.5, 0.6) is 5.75 Å². The zero-order valence-electron chi connectivity index (χ0n) is 10.4. The second kappa shape index (κ2) is 4.77. The van der Waals surface area contributed by atoms with Crippen molar-refractivity contribution in [3.8, 4) is 5.75 Å². The summed E-state index contributed by atoms with van der Waals surface area (Å²) in [5.41, 5.74) is 1.24. The zero-order chi connectivity index (χ0) is 11.5. The highest BCUT2D eigenvalue weighted by Crippen LogP contribution is 2.33. The van der Waals surface area contributed by atoms with E-state index in [4.69, 9.17) is 4.74 Å². The lowest BCUT2D eigenvalue weighted by molar-refractivity contribution is 0.411. The number of rotatable bonds is 3. The zero-order valence-corrected chi connectivity index (χ0v) is 10.4. The number of ether oxygens (including phenoxy) is 1. The van der Waals surface area contributed by atoms with Crippen molar-refractivity contribution in [3.63, 3.8) is 0 Å². The molecule has 1 saturated heterocycles. The number of hydrogen-bond acceptors (Lipinski definition) is 2. The fourth-order valence-corrected chi connectivity index (χ4v) is 2.44. The van der Waals surface area contributed by atoms with E-state index < -0.39 is 0 Å². The molecule has 1 aliphatic heterocycles. The van der Waals surface area contributed by atoms with E-state index in [0.29, 0.717) is 0 Å². The van der Waals surface area contributed by atoms with E-state index >= 15 is 0 Å². The van der Waals surface area contributed by atoms with Gasteiger partial charge in [0.2, 0.25) is 0 Å². The van der Waals surface area contributed by atoms with Crippen LogP contribution in [0.1, 0.15) is 20.3 Å². The van der Waals surface area contributed by atoms with Gasteiger partial charge in [-0.05, 0) is 30.4 Å². The van der Waals surface area contributed by atoms with Gasteiger partial charge >= 0.3 is 0 Å². The molecule has 1 aromatic rings. The maximum absolute atomic E-state index is 5.41. The van der Waals surface area contributed by atoms with Gasteiger partial charge in [-0.2, -0.15) is 0 Å². The van der Waals surface area contributed by atoms with E-state index in [0.717, 1.165) is 30.7 Å². The first kappa shape index (κ1) is 11.3. The Morgan fingerprint density at radius 2 is 2.06 bits per heavy atom. The number of anilines is 1. The minimum Gasteiger partial charge on any atom is -0.495 e. The normalized spacial score (nSPS) is 20.5. The van der Waals surface area contributed by atoms with Gasteiger partial charge in [-0.25, -0.2) is 0 Å². The Labute approximate surface area is 98.2 Å². The van der Waals surface area contributed by atoms with Gasteiger partial charge < -0.3 is 9.64 Å². The summed E-state index contributed by atoms with van der Waals surface area (Å²) in [6.07, 6.45) is 1.30. The Morgan fingerprint density at radius 1 is 1.31 bits per heavy atom. The fraction of sp³-hybridized carbons (Fsp3) is 0.571. The SMILES string of the molecule is COc1ccccc1N1CC[C@H](C(C)C)C1. The molecular formula is C14H21NO. The molecule has 1 aromatic carbocycles. The third-order valence-electron chi connectivity index (χ3n) is 3.59. The lowest BCUT2D eigenvalue weighted by atomic mass is 9.95. The smallest absolute Gasteiger partial charge is 0.142 e. The Morgan fingerprint density at radius 3 is 2.69 bits per heavy atom. The summed E-state index contributed by atoms with van der Waals surface area (Å²) in [6, 6.07) is 8.30. The summed E-state index contributed by atoms with van der Waals surface area (Å²) in [5, 5.41) is 0. The third kappa shape index (κ3) is 2.16. The van der Waals surface area contributed by atoms with Crippen LogP contribution >= 0.6 is 0 Å². The molecule has 0 amide bonds. The largest absolute Gasteiger partial charge is 0.495 e. The van der Waals surface area contributed by atoms with Crippen LogP contribution in [-0.4, -0.2) is 20.2 Å². The molecule has 0 aromatic heterocycles. The van der Waals surface area contributed by atoms with Crippen molar-refractivity contribution in [2.45, 2.75) is 20.3 Å². The van der Waals surface area contributed by atoms with Gasteiger partial charge in [-0.3, -0.25) is 0 Å². The van der Waals surface area contributed by atoms with Crippen LogP contribution in [0, 0.1) is 11.8 Å². The second-order valence-electron chi connectivity index (χ2n) is 4.91. The topological polar surface area (TPSA) is 12.5 Å². The molecule has 1 heterocycles. The Hall–Kier alpha value is -1.18. The first-order chi connectivity index (χ1) is 7.72. The van der Waals surface area contributed by atoms with E-state index in [-0.39, 0.29) is 0 Å². The number of hydrogen-bond donors (Lipinski definition) is 0. The predicted molar refractivity (Wildman–Crippen MR) is 68.2 cm³/mol. The molecule has 2 heteroatoms. The molecule has 16 heavy (non-hydrogen) atoms. The quantitative estimate of drug-likeness (QED) is 0.774. The van der Waals surface area contributed by atoms with Crippen molar-refractivity contribution in [1.82, 2.24) is 0 Å². The van der Waals surface area contributed by atoms with Gasteiger partial charge in [0, 0.05) is 13.1 Å². The van der Waals surface area contributed by atoms with Gasteiger partial charge in [0.25, 0.3) is 0 Å². The third-order valence-corrected chi connectivity index (χ3v) is 3.59. The minimum absolute atomic E-state index is 0.778. The molecule has 2 nitrogen and oxygen atoms in total. The molecule has 1 fully saturated rings. The Bertz CT molecular complexity index is 348. The minimum atomic E-state index is 0.778. The number of methoxy groups -OCH3 is 1.